The molecule has 10 aliphatic rings. The fourth-order valence-electron chi connectivity index (χ4n) is 21.6. The summed E-state index contributed by atoms with van der Waals surface area (Å²) in [6, 6.07) is -0.149. The van der Waals surface area contributed by atoms with E-state index in [1.54, 1.807) is 7.05 Å². The second-order valence-corrected chi connectivity index (χ2v) is 30.8. The lowest BCUT2D eigenvalue weighted by Crippen LogP contribution is -2.72. The molecule has 0 saturated heterocycles. The van der Waals surface area contributed by atoms with Crippen molar-refractivity contribution < 1.29 is 28.8 Å². The third-order valence-electron chi connectivity index (χ3n) is 26.0. The Morgan fingerprint density at radius 3 is 1.42 bits per heavy atom. The molecule has 2 N–H and O–H groups in total. The summed E-state index contributed by atoms with van der Waals surface area (Å²) in [5.41, 5.74) is 5.74. The number of nitrogens with zero attached hydrogens (tertiary/aromatic N) is 5. The minimum Gasteiger partial charge on any atom is -0.341 e. The van der Waals surface area contributed by atoms with Crippen LogP contribution in [0.4, 0.5) is 4.79 Å². The monoisotopic (exact) mass is 1040 g/mol. The molecule has 0 bridgehead atoms. The van der Waals surface area contributed by atoms with Crippen molar-refractivity contribution in [2.24, 2.45) is 112 Å². The van der Waals surface area contributed by atoms with E-state index < -0.39 is 21.7 Å². The van der Waals surface area contributed by atoms with Crippen molar-refractivity contribution in [2.75, 3.05) is 7.05 Å². The van der Waals surface area contributed by atoms with Gasteiger partial charge in [-0.3, -0.25) is 14.4 Å². The SMILES string of the molecule is [C-]#[N+]C1=C[C@]2(C)[C@H]3CC(=O)[C@@H]4[C@@H]5CC(C)(C)CC[C@]5(C(=O)N=[N+]=[N-])CC[C@@]4(C)[C@]3(C)CC[C@H]2C(C)(C)C1=O.[C-]#[N+]C1=C[C@]2(C)[C@H]3CC(=O)[C@@H]4[C@@H]5CC(C)(C)CC[C@]5(NC(=O)NC)CC[C@@]4(C)[C@]3(C)CC[C@H]2C(C)(C)C1=O. The van der Waals surface area contributed by atoms with Crippen molar-refractivity contribution in [3.05, 3.63) is 56.8 Å². The molecular formula is C63H89N7O6. The minimum atomic E-state index is -0.762. The Labute approximate surface area is 453 Å². The largest absolute Gasteiger partial charge is 0.341 e. The molecule has 10 rings (SSSR count). The van der Waals surface area contributed by atoms with Gasteiger partial charge < -0.3 is 20.2 Å². The van der Waals surface area contributed by atoms with Crippen LogP contribution in [0.1, 0.15) is 200 Å². The van der Waals surface area contributed by atoms with E-state index in [0.29, 0.717) is 31.5 Å². The first kappa shape index (κ1) is 56.1. The Hall–Kier alpha value is -4.61. The van der Waals surface area contributed by atoms with Crippen molar-refractivity contribution >= 4 is 35.1 Å². The highest BCUT2D eigenvalue weighted by atomic mass is 16.2. The van der Waals surface area contributed by atoms with Gasteiger partial charge in [0.05, 0.1) is 13.1 Å². The zero-order chi connectivity index (χ0) is 56.2. The molecule has 0 aromatic rings. The first-order valence-corrected chi connectivity index (χ1v) is 29.0. The van der Waals surface area contributed by atoms with E-state index in [1.165, 1.54) is 0 Å². The summed E-state index contributed by atoms with van der Waals surface area (Å²) < 4.78 is 0. The lowest BCUT2D eigenvalue weighted by Gasteiger charge is -2.72. The molecule has 76 heavy (non-hydrogen) atoms. The molecule has 412 valence electrons. The average molecular weight is 1040 g/mol. The molecule has 10 aliphatic carbocycles. The fourth-order valence-corrected chi connectivity index (χ4v) is 21.6. The molecule has 3 amide bonds. The average Bonchev–Trinajstić information content (AvgIpc) is 3.51. The van der Waals surface area contributed by atoms with Gasteiger partial charge >= 0.3 is 6.03 Å². The van der Waals surface area contributed by atoms with Crippen LogP contribution < -0.4 is 10.6 Å². The molecule has 0 aromatic heterocycles. The van der Waals surface area contributed by atoms with E-state index >= 15 is 0 Å². The normalized spacial score (nSPS) is 46.7. The van der Waals surface area contributed by atoms with Gasteiger partial charge in [-0.15, -0.1) is 0 Å². The first-order valence-electron chi connectivity index (χ1n) is 29.0. The van der Waals surface area contributed by atoms with Crippen LogP contribution in [0.25, 0.3) is 20.1 Å². The van der Waals surface area contributed by atoms with Crippen LogP contribution in [0, 0.1) is 120 Å². The Kier molecular flexibility index (Phi) is 12.9. The number of Topliss-reactive ketones (excluding diaryl/α,β-unsaturated/α-hetero) is 4. The highest BCUT2D eigenvalue weighted by Gasteiger charge is 2.75. The number of rotatable bonds is 2. The van der Waals surface area contributed by atoms with E-state index in [1.807, 2.05) is 39.8 Å². The number of hydrogen-bond donors (Lipinski definition) is 2. The molecule has 0 heterocycles. The Balaban J connectivity index is 0.000000186. The van der Waals surface area contributed by atoms with Crippen LogP contribution in [0.2, 0.25) is 0 Å². The van der Waals surface area contributed by atoms with Crippen molar-refractivity contribution in [1.82, 2.24) is 10.6 Å². The number of amides is 3. The first-order chi connectivity index (χ1) is 35.0. The summed E-state index contributed by atoms with van der Waals surface area (Å²) in [5, 5.41) is 9.77. The second kappa shape index (κ2) is 17.4. The van der Waals surface area contributed by atoms with Crippen LogP contribution in [0.3, 0.4) is 0 Å². The van der Waals surface area contributed by atoms with Gasteiger partial charge in [0.15, 0.2) is 11.6 Å². The molecule has 0 unspecified atom stereocenters. The van der Waals surface area contributed by atoms with E-state index in [9.17, 15) is 28.8 Å². The maximum Gasteiger partial charge on any atom is 0.314 e. The molecule has 13 heteroatoms. The standard InChI is InChI=1S/C32H47N3O3.C31H42N4O3/c1-27(2)12-14-32(35-26(38)34-9)15-13-31(7)24(19(32)17-27)21(36)16-23-29(5)18-20(33-8)25(37)28(3,4)22(29)10-11-30(23,31)6;1-26(2)11-13-31(25(38)34-35-32)14-12-30(7)23(18(31)16-26)20(36)15-22-28(5)17-19(33-8)24(37)27(3,4)21(28)9-10-29(22,30)6/h18-19,22-24H,10-17H2,1-7,9H3,(H2,34,35,38);17-18,21-23H,9-16H2,1-7H3/t19-,22-,23+,24-,29-,30+,31+,32-;18-,21-,22+,23-,28-,29+,30+,31-/m00/s1. The highest BCUT2D eigenvalue weighted by Crippen LogP contribution is 2.78. The Bertz CT molecular complexity index is 2790. The van der Waals surface area contributed by atoms with E-state index in [2.05, 4.69) is 99.6 Å². The number of urea groups is 1. The molecule has 13 nitrogen and oxygen atoms in total. The van der Waals surface area contributed by atoms with Crippen LogP contribution in [-0.2, 0) is 24.0 Å². The van der Waals surface area contributed by atoms with E-state index in [0.717, 1.165) is 77.0 Å². The topological polar surface area (TPSA) is 184 Å². The van der Waals surface area contributed by atoms with Crippen molar-refractivity contribution in [3.8, 4) is 0 Å². The predicted octanol–water partition coefficient (Wildman–Crippen LogP) is 13.8. The van der Waals surface area contributed by atoms with Gasteiger partial charge in [0, 0.05) is 58.4 Å². The lowest BCUT2D eigenvalue weighted by molar-refractivity contribution is -0.221. The van der Waals surface area contributed by atoms with Gasteiger partial charge in [-0.2, -0.15) is 0 Å². The Morgan fingerprint density at radius 2 is 0.974 bits per heavy atom. The van der Waals surface area contributed by atoms with Gasteiger partial charge in [0.25, 0.3) is 0 Å². The quantitative estimate of drug-likeness (QED) is 0.120. The smallest absolute Gasteiger partial charge is 0.314 e. The molecule has 16 atom stereocenters. The zero-order valence-corrected chi connectivity index (χ0v) is 48.8. The predicted molar refractivity (Wildman–Crippen MR) is 292 cm³/mol. The van der Waals surface area contributed by atoms with Crippen LogP contribution in [0.15, 0.2) is 28.7 Å². The second-order valence-electron chi connectivity index (χ2n) is 30.8. The molecule has 0 aliphatic heterocycles. The molecule has 0 spiro atoms. The van der Waals surface area contributed by atoms with E-state index in [4.69, 9.17) is 18.7 Å². The highest BCUT2D eigenvalue weighted by molar-refractivity contribution is 6.03. The van der Waals surface area contributed by atoms with Gasteiger partial charge in [-0.1, -0.05) is 109 Å². The van der Waals surface area contributed by atoms with E-state index in [-0.39, 0.29) is 131 Å². The number of ketones is 4. The number of nitrogens with one attached hydrogen (secondary N) is 2. The molecule has 8 fully saturated rings. The van der Waals surface area contributed by atoms with Crippen molar-refractivity contribution in [3.63, 3.8) is 0 Å². The van der Waals surface area contributed by atoms with Gasteiger partial charge in [-0.05, 0) is 179 Å². The molecule has 0 radical (unpaired) electrons. The number of azide groups is 1. The van der Waals surface area contributed by atoms with Crippen LogP contribution in [0.5, 0.6) is 0 Å². The fraction of sp³-hybridized carbons (Fsp3) is 0.810. The number of carbonyl (C=O) groups is 6. The summed E-state index contributed by atoms with van der Waals surface area (Å²) in [6.07, 6.45) is 16.9. The Morgan fingerprint density at radius 1 is 0.566 bits per heavy atom. The van der Waals surface area contributed by atoms with Crippen LogP contribution >= 0.6 is 0 Å². The number of fused-ring (bicyclic) bond motifs is 14. The number of carbonyl (C=O) groups excluding carboxylic acids is 6. The van der Waals surface area contributed by atoms with Gasteiger partial charge in [-0.25, -0.2) is 14.5 Å². The zero-order valence-electron chi connectivity index (χ0n) is 48.8. The summed E-state index contributed by atoms with van der Waals surface area (Å²) in [4.78, 5) is 91.8. The number of allylic oxidation sites excluding steroid dienone is 4. The molecule has 0 aromatic carbocycles. The lowest BCUT2D eigenvalue weighted by atomic mass is 9.31. The molecular weight excluding hydrogens is 951 g/mol. The third-order valence-corrected chi connectivity index (χ3v) is 26.0. The van der Waals surface area contributed by atoms with Crippen molar-refractivity contribution in [1.29, 1.82) is 0 Å². The summed E-state index contributed by atoms with van der Waals surface area (Å²) in [5.74, 6) is -0.0671. The number of hydrogen-bond acceptors (Lipinski definition) is 6. The maximum atomic E-state index is 14.5. The maximum absolute atomic E-state index is 14.5. The van der Waals surface area contributed by atoms with Gasteiger partial charge in [0.1, 0.15) is 11.6 Å². The van der Waals surface area contributed by atoms with Crippen molar-refractivity contribution in [2.45, 2.75) is 205 Å². The third kappa shape index (κ3) is 7.40. The summed E-state index contributed by atoms with van der Waals surface area (Å²) >= 11 is 0. The minimum absolute atomic E-state index is 0.00571. The summed E-state index contributed by atoms with van der Waals surface area (Å²) in [6.45, 7) is 46.4. The summed E-state index contributed by atoms with van der Waals surface area (Å²) in [7, 11) is 1.67. The van der Waals surface area contributed by atoms with Crippen LogP contribution in [-0.4, -0.2) is 47.7 Å². The molecule has 8 saturated carbocycles. The van der Waals surface area contributed by atoms with Gasteiger partial charge in [0.2, 0.25) is 17.3 Å².